The van der Waals surface area contributed by atoms with Crippen LogP contribution in [0.3, 0.4) is 0 Å². The first-order valence-corrected chi connectivity index (χ1v) is 9.05. The molecule has 0 saturated heterocycles. The fraction of sp³-hybridized carbons (Fsp3) is 0.846. The van der Waals surface area contributed by atoms with Crippen LogP contribution in [-0.4, -0.2) is 35.4 Å². The number of isocyanates is 1. The van der Waals surface area contributed by atoms with Gasteiger partial charge in [-0.2, -0.15) is 0 Å². The quantitative estimate of drug-likeness (QED) is 0.280. The van der Waals surface area contributed by atoms with Crippen molar-refractivity contribution >= 4 is 14.6 Å². The van der Waals surface area contributed by atoms with Gasteiger partial charge in [-0.1, -0.05) is 39.5 Å². The van der Waals surface area contributed by atoms with Gasteiger partial charge in [0.05, 0.1) is 6.54 Å². The lowest BCUT2D eigenvalue weighted by Gasteiger charge is -2.21. The second kappa shape index (κ2) is 14.6. The minimum atomic E-state index is -1.94. The van der Waals surface area contributed by atoms with Gasteiger partial charge in [0.2, 0.25) is 6.08 Å². The summed E-state index contributed by atoms with van der Waals surface area (Å²) in [6.07, 6.45) is 7.39. The SMILES string of the molecule is CO[Si](C)(CCCN=C=O)OC.[CH2]CCCCC. The van der Waals surface area contributed by atoms with Crippen LogP contribution in [0.1, 0.15) is 39.0 Å². The molecule has 0 aliphatic carbocycles. The summed E-state index contributed by atoms with van der Waals surface area (Å²) in [6.45, 7) is 8.42. The Labute approximate surface area is 113 Å². The van der Waals surface area contributed by atoms with Gasteiger partial charge in [0.25, 0.3) is 0 Å². The molecule has 0 fully saturated rings. The molecule has 0 aromatic heterocycles. The predicted molar refractivity (Wildman–Crippen MR) is 77.5 cm³/mol. The summed E-state index contributed by atoms with van der Waals surface area (Å²) < 4.78 is 10.5. The molecule has 0 aromatic rings. The van der Waals surface area contributed by atoms with E-state index in [2.05, 4.69) is 18.8 Å². The number of nitrogens with zero attached hydrogens (tertiary/aromatic N) is 1. The average Bonchev–Trinajstić information content (AvgIpc) is 2.41. The zero-order chi connectivity index (χ0) is 14.3. The van der Waals surface area contributed by atoms with Gasteiger partial charge in [-0.15, -0.1) is 0 Å². The Hall–Kier alpha value is -0.483. The van der Waals surface area contributed by atoms with Gasteiger partial charge in [0.1, 0.15) is 0 Å². The van der Waals surface area contributed by atoms with Crippen molar-refractivity contribution in [2.24, 2.45) is 4.99 Å². The fourth-order valence-corrected chi connectivity index (χ4v) is 2.61. The molecule has 0 atom stereocenters. The van der Waals surface area contributed by atoms with Crippen molar-refractivity contribution in [3.63, 3.8) is 0 Å². The molecule has 0 unspecified atom stereocenters. The maximum absolute atomic E-state index is 9.73. The summed E-state index contributed by atoms with van der Waals surface area (Å²) in [6, 6.07) is 0.852. The molecule has 0 heterocycles. The maximum atomic E-state index is 9.73. The van der Waals surface area contributed by atoms with E-state index in [9.17, 15) is 4.79 Å². The number of aliphatic imine (C=N–C) groups is 1. The minimum Gasteiger partial charge on any atom is -0.398 e. The largest absolute Gasteiger partial charge is 0.398 e. The minimum absolute atomic E-state index is 0.513. The first-order chi connectivity index (χ1) is 8.60. The lowest BCUT2D eigenvalue weighted by atomic mass is 10.2. The van der Waals surface area contributed by atoms with E-state index < -0.39 is 8.56 Å². The molecule has 0 aliphatic heterocycles. The summed E-state index contributed by atoms with van der Waals surface area (Å²) in [7, 11) is 1.37. The Kier molecular flexibility index (Phi) is 16.1. The van der Waals surface area contributed by atoms with E-state index >= 15 is 0 Å². The molecule has 107 valence electrons. The average molecular weight is 274 g/mol. The normalized spacial score (nSPS) is 10.3. The van der Waals surface area contributed by atoms with Gasteiger partial charge >= 0.3 is 8.56 Å². The first kappa shape index (κ1) is 19.8. The summed E-state index contributed by atoms with van der Waals surface area (Å²) in [5, 5.41) is 0. The molecule has 0 bridgehead atoms. The zero-order valence-corrected chi connectivity index (χ0v) is 13.3. The molecule has 0 aromatic carbocycles. The summed E-state index contributed by atoms with van der Waals surface area (Å²) in [5.41, 5.74) is 0. The third-order valence-electron chi connectivity index (χ3n) is 2.68. The number of hydrogen-bond donors (Lipinski definition) is 0. The summed E-state index contributed by atoms with van der Waals surface area (Å²) in [4.78, 5) is 13.2. The second-order valence-electron chi connectivity index (χ2n) is 4.18. The predicted octanol–water partition coefficient (Wildman–Crippen LogP) is 3.48. The van der Waals surface area contributed by atoms with Crippen molar-refractivity contribution in [1.29, 1.82) is 0 Å². The van der Waals surface area contributed by atoms with E-state index in [0.717, 1.165) is 18.9 Å². The Morgan fingerprint density at radius 3 is 2.17 bits per heavy atom. The van der Waals surface area contributed by atoms with Crippen LogP contribution >= 0.6 is 0 Å². The second-order valence-corrected chi connectivity index (χ2v) is 7.76. The van der Waals surface area contributed by atoms with Gasteiger partial charge in [-0.25, -0.2) is 9.79 Å². The molecule has 18 heavy (non-hydrogen) atoms. The van der Waals surface area contributed by atoms with Crippen LogP contribution in [-0.2, 0) is 13.6 Å². The highest BCUT2D eigenvalue weighted by Gasteiger charge is 2.27. The van der Waals surface area contributed by atoms with Gasteiger partial charge in [-0.3, -0.25) is 0 Å². The summed E-state index contributed by atoms with van der Waals surface area (Å²) in [5.74, 6) is 0. The van der Waals surface area contributed by atoms with Crippen LogP contribution in [0, 0.1) is 6.92 Å². The highest BCUT2D eigenvalue weighted by molar-refractivity contribution is 6.65. The topological polar surface area (TPSA) is 47.9 Å². The van der Waals surface area contributed by atoms with Crippen LogP contribution in [0.2, 0.25) is 12.6 Å². The molecule has 1 radical (unpaired) electrons. The van der Waals surface area contributed by atoms with Crippen molar-refractivity contribution in [2.45, 2.75) is 51.6 Å². The highest BCUT2D eigenvalue weighted by atomic mass is 28.4. The number of rotatable bonds is 9. The molecule has 0 spiro atoms. The van der Waals surface area contributed by atoms with E-state index in [1.807, 2.05) is 6.55 Å². The number of hydrogen-bond acceptors (Lipinski definition) is 4. The van der Waals surface area contributed by atoms with Crippen LogP contribution in [0.4, 0.5) is 0 Å². The van der Waals surface area contributed by atoms with Crippen LogP contribution in [0.25, 0.3) is 0 Å². The maximum Gasteiger partial charge on any atom is 0.334 e. The Morgan fingerprint density at radius 1 is 1.22 bits per heavy atom. The van der Waals surface area contributed by atoms with Crippen LogP contribution in [0.5, 0.6) is 0 Å². The van der Waals surface area contributed by atoms with E-state index in [4.69, 9.17) is 8.85 Å². The molecule has 4 nitrogen and oxygen atoms in total. The number of unbranched alkanes of at least 4 members (excludes halogenated alkanes) is 3. The smallest absolute Gasteiger partial charge is 0.334 e. The van der Waals surface area contributed by atoms with E-state index in [-0.39, 0.29) is 0 Å². The first-order valence-electron chi connectivity index (χ1n) is 6.53. The van der Waals surface area contributed by atoms with Gasteiger partial charge in [-0.05, 0) is 19.0 Å². The van der Waals surface area contributed by atoms with E-state index in [0.29, 0.717) is 6.54 Å². The van der Waals surface area contributed by atoms with Crippen molar-refractivity contribution in [3.8, 4) is 0 Å². The van der Waals surface area contributed by atoms with Gasteiger partial charge < -0.3 is 8.85 Å². The monoisotopic (exact) mass is 274 g/mol. The van der Waals surface area contributed by atoms with E-state index in [1.165, 1.54) is 25.3 Å². The Bertz CT molecular complexity index is 210. The van der Waals surface area contributed by atoms with Gasteiger partial charge in [0.15, 0.2) is 0 Å². The van der Waals surface area contributed by atoms with Crippen LogP contribution < -0.4 is 0 Å². The lowest BCUT2D eigenvalue weighted by Crippen LogP contribution is -2.35. The third kappa shape index (κ3) is 13.6. The van der Waals surface area contributed by atoms with Crippen molar-refractivity contribution in [2.75, 3.05) is 20.8 Å². The Balaban J connectivity index is 0. The molecular formula is C13H28NO3Si. The van der Waals surface area contributed by atoms with Crippen molar-refractivity contribution in [3.05, 3.63) is 6.92 Å². The van der Waals surface area contributed by atoms with E-state index in [1.54, 1.807) is 14.2 Å². The summed E-state index contributed by atoms with van der Waals surface area (Å²) >= 11 is 0. The van der Waals surface area contributed by atoms with Crippen molar-refractivity contribution < 1.29 is 13.6 Å². The molecular weight excluding hydrogens is 246 g/mol. The third-order valence-corrected chi connectivity index (χ3v) is 5.67. The molecule has 0 amide bonds. The van der Waals surface area contributed by atoms with Gasteiger partial charge in [0, 0.05) is 14.2 Å². The molecule has 0 rings (SSSR count). The highest BCUT2D eigenvalue weighted by Crippen LogP contribution is 2.13. The Morgan fingerprint density at radius 2 is 1.83 bits per heavy atom. The molecule has 5 heteroatoms. The van der Waals surface area contributed by atoms with Crippen LogP contribution in [0.15, 0.2) is 4.99 Å². The fourth-order valence-electron chi connectivity index (χ4n) is 1.24. The standard InChI is InChI=1S/C7H15NO3Si.C6H13/c1-10-12(3,11-2)6-4-5-8-7-9;1-3-5-6-4-2/h4-6H2,1-3H3;1,3-6H2,2H3. The van der Waals surface area contributed by atoms with Crippen molar-refractivity contribution in [1.82, 2.24) is 0 Å². The zero-order valence-electron chi connectivity index (χ0n) is 12.3. The molecule has 0 N–H and O–H groups in total. The molecule has 0 saturated carbocycles. The lowest BCUT2D eigenvalue weighted by molar-refractivity contribution is 0.249. The number of carbonyl (C=O) groups excluding carboxylic acids is 1. The molecule has 0 aliphatic rings.